The normalized spacial score (nSPS) is 10.3. The highest BCUT2D eigenvalue weighted by Crippen LogP contribution is 2.13. The summed E-state index contributed by atoms with van der Waals surface area (Å²) >= 11 is 0. The minimum Gasteiger partial charge on any atom is -0.423 e. The standard InChI is InChI=1S/C9H10BN3O2/c1-13-9(11-6-12-13)7-2-4-8(5-3-7)10(14)15/h2-6,14-15H,1H3. The van der Waals surface area contributed by atoms with Gasteiger partial charge in [-0.2, -0.15) is 5.10 Å². The van der Waals surface area contributed by atoms with Gasteiger partial charge in [0.15, 0.2) is 5.82 Å². The van der Waals surface area contributed by atoms with Gasteiger partial charge in [-0.1, -0.05) is 24.3 Å². The Morgan fingerprint density at radius 2 is 1.87 bits per heavy atom. The molecular formula is C9H10BN3O2. The van der Waals surface area contributed by atoms with Crippen molar-refractivity contribution in [2.45, 2.75) is 0 Å². The monoisotopic (exact) mass is 203 g/mol. The van der Waals surface area contributed by atoms with E-state index in [0.29, 0.717) is 5.46 Å². The average Bonchev–Trinajstić information content (AvgIpc) is 2.65. The number of hydrogen-bond acceptors (Lipinski definition) is 4. The molecule has 0 amide bonds. The fourth-order valence-electron chi connectivity index (χ4n) is 1.36. The molecular weight excluding hydrogens is 193 g/mol. The molecule has 1 heterocycles. The van der Waals surface area contributed by atoms with Gasteiger partial charge in [0.1, 0.15) is 6.33 Å². The van der Waals surface area contributed by atoms with Gasteiger partial charge in [0, 0.05) is 12.6 Å². The van der Waals surface area contributed by atoms with Crippen molar-refractivity contribution < 1.29 is 10.0 Å². The molecule has 1 aromatic heterocycles. The lowest BCUT2D eigenvalue weighted by Crippen LogP contribution is -2.29. The molecule has 2 aromatic rings. The minimum absolute atomic E-state index is 0.459. The first kappa shape index (κ1) is 9.88. The van der Waals surface area contributed by atoms with Crippen molar-refractivity contribution in [3.8, 4) is 11.4 Å². The summed E-state index contributed by atoms with van der Waals surface area (Å²) in [5, 5.41) is 21.8. The van der Waals surface area contributed by atoms with Crippen LogP contribution in [-0.2, 0) is 7.05 Å². The third-order valence-corrected chi connectivity index (χ3v) is 2.18. The first-order valence-corrected chi connectivity index (χ1v) is 4.49. The fourth-order valence-corrected chi connectivity index (χ4v) is 1.36. The number of hydrogen-bond donors (Lipinski definition) is 2. The van der Waals surface area contributed by atoms with E-state index in [4.69, 9.17) is 10.0 Å². The summed E-state index contributed by atoms with van der Waals surface area (Å²) in [4.78, 5) is 4.09. The number of aromatic nitrogens is 3. The SMILES string of the molecule is Cn1ncnc1-c1ccc(B(O)O)cc1. The largest absolute Gasteiger partial charge is 0.488 e. The lowest BCUT2D eigenvalue weighted by atomic mass is 9.80. The van der Waals surface area contributed by atoms with E-state index in [0.717, 1.165) is 11.4 Å². The number of rotatable bonds is 2. The second-order valence-electron chi connectivity index (χ2n) is 3.20. The van der Waals surface area contributed by atoms with E-state index in [1.807, 2.05) is 0 Å². The van der Waals surface area contributed by atoms with Crippen molar-refractivity contribution in [1.82, 2.24) is 14.8 Å². The van der Waals surface area contributed by atoms with Crippen LogP contribution >= 0.6 is 0 Å². The fraction of sp³-hybridized carbons (Fsp3) is 0.111. The lowest BCUT2D eigenvalue weighted by Gasteiger charge is -2.02. The molecule has 0 aliphatic rings. The Bertz CT molecular complexity index is 453. The highest BCUT2D eigenvalue weighted by molar-refractivity contribution is 6.58. The van der Waals surface area contributed by atoms with Crippen molar-refractivity contribution >= 4 is 12.6 Å². The second kappa shape index (κ2) is 3.84. The molecule has 0 bridgehead atoms. The Hall–Kier alpha value is -1.66. The first-order chi connectivity index (χ1) is 7.18. The molecule has 1 aromatic carbocycles. The second-order valence-corrected chi connectivity index (χ2v) is 3.20. The van der Waals surface area contributed by atoms with E-state index >= 15 is 0 Å². The quantitative estimate of drug-likeness (QED) is 0.624. The van der Waals surface area contributed by atoms with Gasteiger partial charge in [-0.05, 0) is 5.46 Å². The zero-order valence-electron chi connectivity index (χ0n) is 8.20. The summed E-state index contributed by atoms with van der Waals surface area (Å²) in [5.74, 6) is 0.744. The van der Waals surface area contributed by atoms with Crippen LogP contribution in [0, 0.1) is 0 Å². The minimum atomic E-state index is -1.43. The van der Waals surface area contributed by atoms with Crippen LogP contribution in [0.15, 0.2) is 30.6 Å². The molecule has 0 unspecified atom stereocenters. The van der Waals surface area contributed by atoms with Crippen molar-refractivity contribution in [2.75, 3.05) is 0 Å². The molecule has 0 atom stereocenters. The maximum Gasteiger partial charge on any atom is 0.488 e. The maximum absolute atomic E-state index is 8.92. The summed E-state index contributed by atoms with van der Waals surface area (Å²) < 4.78 is 1.66. The zero-order chi connectivity index (χ0) is 10.8. The zero-order valence-corrected chi connectivity index (χ0v) is 8.20. The average molecular weight is 203 g/mol. The van der Waals surface area contributed by atoms with Crippen LogP contribution in [-0.4, -0.2) is 31.9 Å². The van der Waals surface area contributed by atoms with Gasteiger partial charge >= 0.3 is 7.12 Å². The van der Waals surface area contributed by atoms with E-state index in [9.17, 15) is 0 Å². The van der Waals surface area contributed by atoms with E-state index in [-0.39, 0.29) is 0 Å². The van der Waals surface area contributed by atoms with Crippen molar-refractivity contribution in [1.29, 1.82) is 0 Å². The van der Waals surface area contributed by atoms with Crippen LogP contribution in [0.2, 0.25) is 0 Å². The third kappa shape index (κ3) is 1.90. The molecule has 0 aliphatic carbocycles. The highest BCUT2D eigenvalue weighted by Gasteiger charge is 2.11. The molecule has 0 saturated heterocycles. The van der Waals surface area contributed by atoms with E-state index in [2.05, 4.69) is 10.1 Å². The highest BCUT2D eigenvalue weighted by atomic mass is 16.4. The number of benzene rings is 1. The van der Waals surface area contributed by atoms with E-state index in [1.165, 1.54) is 6.33 Å². The summed E-state index contributed by atoms with van der Waals surface area (Å²) in [5.41, 5.74) is 1.35. The molecule has 15 heavy (non-hydrogen) atoms. The molecule has 0 saturated carbocycles. The van der Waals surface area contributed by atoms with Crippen LogP contribution in [0.4, 0.5) is 0 Å². The molecule has 0 spiro atoms. The van der Waals surface area contributed by atoms with Crippen LogP contribution in [0.3, 0.4) is 0 Å². The van der Waals surface area contributed by atoms with Gasteiger partial charge in [-0.15, -0.1) is 0 Å². The van der Waals surface area contributed by atoms with Gasteiger partial charge in [-0.25, -0.2) is 9.67 Å². The van der Waals surface area contributed by atoms with Crippen molar-refractivity contribution in [3.63, 3.8) is 0 Å². The van der Waals surface area contributed by atoms with Gasteiger partial charge in [0.25, 0.3) is 0 Å². The molecule has 76 valence electrons. The lowest BCUT2D eigenvalue weighted by molar-refractivity contribution is 0.426. The smallest absolute Gasteiger partial charge is 0.423 e. The van der Waals surface area contributed by atoms with Crippen molar-refractivity contribution in [3.05, 3.63) is 30.6 Å². The van der Waals surface area contributed by atoms with Gasteiger partial charge < -0.3 is 10.0 Å². The predicted molar refractivity (Wildman–Crippen MR) is 56.3 cm³/mol. The summed E-state index contributed by atoms with van der Waals surface area (Å²) in [7, 11) is 0.371. The Labute approximate surface area is 87.2 Å². The van der Waals surface area contributed by atoms with Gasteiger partial charge in [0.05, 0.1) is 0 Å². The van der Waals surface area contributed by atoms with Gasteiger partial charge in [0.2, 0.25) is 0 Å². The first-order valence-electron chi connectivity index (χ1n) is 4.49. The molecule has 5 nitrogen and oxygen atoms in total. The van der Waals surface area contributed by atoms with Crippen LogP contribution in [0.25, 0.3) is 11.4 Å². The molecule has 0 aliphatic heterocycles. The Balaban J connectivity index is 2.36. The van der Waals surface area contributed by atoms with E-state index < -0.39 is 7.12 Å². The van der Waals surface area contributed by atoms with E-state index in [1.54, 1.807) is 36.0 Å². The molecule has 0 fully saturated rings. The van der Waals surface area contributed by atoms with Crippen LogP contribution in [0.1, 0.15) is 0 Å². The molecule has 2 rings (SSSR count). The number of aryl methyl sites for hydroxylation is 1. The predicted octanol–water partition coefficient (Wildman–Crippen LogP) is -0.838. The number of nitrogens with zero attached hydrogens (tertiary/aromatic N) is 3. The van der Waals surface area contributed by atoms with Crippen molar-refractivity contribution in [2.24, 2.45) is 7.05 Å². The Morgan fingerprint density at radius 3 is 2.33 bits per heavy atom. The molecule has 0 radical (unpaired) electrons. The maximum atomic E-state index is 8.92. The van der Waals surface area contributed by atoms with Crippen LogP contribution < -0.4 is 5.46 Å². The van der Waals surface area contributed by atoms with Crippen LogP contribution in [0.5, 0.6) is 0 Å². The topological polar surface area (TPSA) is 71.2 Å². The third-order valence-electron chi connectivity index (χ3n) is 2.18. The summed E-state index contributed by atoms with van der Waals surface area (Å²) in [6.07, 6.45) is 1.48. The molecule has 2 N–H and O–H groups in total. The summed E-state index contributed by atoms with van der Waals surface area (Å²) in [6, 6.07) is 6.85. The summed E-state index contributed by atoms with van der Waals surface area (Å²) in [6.45, 7) is 0. The Kier molecular flexibility index (Phi) is 2.53. The Morgan fingerprint density at radius 1 is 1.20 bits per heavy atom. The molecule has 6 heteroatoms. The van der Waals surface area contributed by atoms with Gasteiger partial charge in [-0.3, -0.25) is 0 Å².